The molecular formula is C11H16Cl2N2O. The lowest BCUT2D eigenvalue weighted by Gasteiger charge is -2.27. The molecule has 1 aromatic heterocycles. The van der Waals surface area contributed by atoms with E-state index in [1.807, 2.05) is 12.1 Å². The van der Waals surface area contributed by atoms with Crippen LogP contribution in [0.25, 0.3) is 6.08 Å². The minimum absolute atomic E-state index is 0. The molecule has 16 heavy (non-hydrogen) atoms. The molecule has 90 valence electrons. The summed E-state index contributed by atoms with van der Waals surface area (Å²) in [5.41, 5.74) is 0.874. The molecule has 0 amide bonds. The molecule has 1 aliphatic heterocycles. The maximum atomic E-state index is 5.55. The van der Waals surface area contributed by atoms with Gasteiger partial charge < -0.3 is 10.1 Å². The Kier molecular flexibility index (Phi) is 7.13. The second-order valence-corrected chi connectivity index (χ2v) is 3.37. The quantitative estimate of drug-likeness (QED) is 0.905. The van der Waals surface area contributed by atoms with Crippen LogP contribution in [0.1, 0.15) is 12.1 Å². The Balaban J connectivity index is 0.00000112. The first-order chi connectivity index (χ1) is 6.88. The predicted octanol–water partition coefficient (Wildman–Crippen LogP) is 2.31. The van der Waals surface area contributed by atoms with Gasteiger partial charge in [0.05, 0.1) is 11.9 Å². The zero-order valence-electron chi connectivity index (χ0n) is 8.89. The van der Waals surface area contributed by atoms with E-state index < -0.39 is 0 Å². The smallest absolute Gasteiger partial charge is 0.137 e. The van der Waals surface area contributed by atoms with Crippen molar-refractivity contribution in [1.82, 2.24) is 10.3 Å². The van der Waals surface area contributed by atoms with Crippen LogP contribution in [0.5, 0.6) is 5.75 Å². The van der Waals surface area contributed by atoms with Crippen molar-refractivity contribution in [3.05, 3.63) is 30.6 Å². The Morgan fingerprint density at radius 1 is 1.50 bits per heavy atom. The Hall–Kier alpha value is -0.770. The van der Waals surface area contributed by atoms with E-state index in [0.717, 1.165) is 24.6 Å². The van der Waals surface area contributed by atoms with Gasteiger partial charge in [-0.25, -0.2) is 0 Å². The standard InChI is InChI=1S/C11H14N2O.2ClH/c1-2-9-3-4-11(7-13-9)14-8-10-5-6-12-10;;/h2-4,7,10,12H,1,5-6,8H2;2*1H/t10-;;/m0../s1. The molecule has 2 rings (SSSR count). The molecule has 0 bridgehead atoms. The van der Waals surface area contributed by atoms with Gasteiger partial charge in [0.25, 0.3) is 0 Å². The van der Waals surface area contributed by atoms with Gasteiger partial charge in [0.1, 0.15) is 12.4 Å². The van der Waals surface area contributed by atoms with Crippen molar-refractivity contribution in [3.63, 3.8) is 0 Å². The first kappa shape index (κ1) is 15.2. The zero-order valence-corrected chi connectivity index (χ0v) is 10.5. The van der Waals surface area contributed by atoms with Gasteiger partial charge >= 0.3 is 0 Å². The summed E-state index contributed by atoms with van der Waals surface area (Å²) in [4.78, 5) is 4.16. The molecule has 0 spiro atoms. The summed E-state index contributed by atoms with van der Waals surface area (Å²) in [5, 5.41) is 3.28. The van der Waals surface area contributed by atoms with E-state index in [0.29, 0.717) is 6.04 Å². The number of ether oxygens (including phenoxy) is 1. The molecule has 5 heteroatoms. The SMILES string of the molecule is C=Cc1ccc(OC[C@@H]2CCN2)cn1.Cl.Cl. The molecule has 1 saturated heterocycles. The van der Waals surface area contributed by atoms with Crippen molar-refractivity contribution in [1.29, 1.82) is 0 Å². The lowest BCUT2D eigenvalue weighted by atomic mass is 10.1. The molecule has 1 aliphatic rings. The summed E-state index contributed by atoms with van der Waals surface area (Å²) in [6.07, 6.45) is 4.66. The second kappa shape index (κ2) is 7.49. The van der Waals surface area contributed by atoms with Crippen LogP contribution in [-0.2, 0) is 0 Å². The molecule has 1 atom stereocenters. The molecule has 1 aromatic rings. The fraction of sp³-hybridized carbons (Fsp3) is 0.364. The maximum absolute atomic E-state index is 5.55. The summed E-state index contributed by atoms with van der Waals surface area (Å²) < 4.78 is 5.55. The molecule has 2 heterocycles. The molecule has 0 aromatic carbocycles. The van der Waals surface area contributed by atoms with Crippen LogP contribution in [0.15, 0.2) is 24.9 Å². The van der Waals surface area contributed by atoms with Crippen molar-refractivity contribution in [2.24, 2.45) is 0 Å². The summed E-state index contributed by atoms with van der Waals surface area (Å²) in [7, 11) is 0. The highest BCUT2D eigenvalue weighted by molar-refractivity contribution is 5.85. The largest absolute Gasteiger partial charge is 0.490 e. The molecule has 1 fully saturated rings. The summed E-state index contributed by atoms with van der Waals surface area (Å²) >= 11 is 0. The van der Waals surface area contributed by atoms with Crippen LogP contribution < -0.4 is 10.1 Å². The highest BCUT2D eigenvalue weighted by Crippen LogP contribution is 2.11. The second-order valence-electron chi connectivity index (χ2n) is 3.37. The number of rotatable bonds is 4. The fourth-order valence-electron chi connectivity index (χ4n) is 1.29. The lowest BCUT2D eigenvalue weighted by molar-refractivity contribution is 0.217. The van der Waals surface area contributed by atoms with E-state index in [-0.39, 0.29) is 24.8 Å². The minimum atomic E-state index is 0. The summed E-state index contributed by atoms with van der Waals surface area (Å²) in [6.45, 7) is 5.49. The van der Waals surface area contributed by atoms with Gasteiger partial charge in [0.2, 0.25) is 0 Å². The van der Waals surface area contributed by atoms with Crippen molar-refractivity contribution >= 4 is 30.9 Å². The number of aromatic nitrogens is 1. The van der Waals surface area contributed by atoms with Crippen LogP contribution in [0.2, 0.25) is 0 Å². The number of nitrogens with one attached hydrogen (secondary N) is 1. The molecule has 3 nitrogen and oxygen atoms in total. The topological polar surface area (TPSA) is 34.1 Å². The maximum Gasteiger partial charge on any atom is 0.137 e. The van der Waals surface area contributed by atoms with Gasteiger partial charge in [-0.05, 0) is 31.2 Å². The van der Waals surface area contributed by atoms with Crippen LogP contribution in [0, 0.1) is 0 Å². The van der Waals surface area contributed by atoms with Gasteiger partial charge in [-0.2, -0.15) is 0 Å². The lowest BCUT2D eigenvalue weighted by Crippen LogP contribution is -2.46. The third-order valence-corrected chi connectivity index (χ3v) is 2.35. The monoisotopic (exact) mass is 262 g/mol. The van der Waals surface area contributed by atoms with Crippen molar-refractivity contribution in [2.75, 3.05) is 13.2 Å². The van der Waals surface area contributed by atoms with E-state index in [1.165, 1.54) is 6.42 Å². The first-order valence-corrected chi connectivity index (χ1v) is 4.83. The zero-order chi connectivity index (χ0) is 9.80. The number of halogens is 2. The number of hydrogen-bond acceptors (Lipinski definition) is 3. The number of hydrogen-bond donors (Lipinski definition) is 1. The highest BCUT2D eigenvalue weighted by Gasteiger charge is 2.16. The number of pyridine rings is 1. The van der Waals surface area contributed by atoms with Crippen LogP contribution >= 0.6 is 24.8 Å². The van der Waals surface area contributed by atoms with Crippen molar-refractivity contribution in [2.45, 2.75) is 12.5 Å². The molecule has 1 N–H and O–H groups in total. The van der Waals surface area contributed by atoms with E-state index in [9.17, 15) is 0 Å². The van der Waals surface area contributed by atoms with Crippen LogP contribution in [0.4, 0.5) is 0 Å². The predicted molar refractivity (Wildman–Crippen MR) is 70.7 cm³/mol. The van der Waals surface area contributed by atoms with Gasteiger partial charge in [0, 0.05) is 6.04 Å². The Morgan fingerprint density at radius 3 is 2.69 bits per heavy atom. The van der Waals surface area contributed by atoms with Crippen LogP contribution in [0.3, 0.4) is 0 Å². The third-order valence-electron chi connectivity index (χ3n) is 2.35. The Morgan fingerprint density at radius 2 is 2.25 bits per heavy atom. The third kappa shape index (κ3) is 4.00. The van der Waals surface area contributed by atoms with E-state index in [2.05, 4.69) is 16.9 Å². The van der Waals surface area contributed by atoms with E-state index in [1.54, 1.807) is 12.3 Å². The molecule has 0 aliphatic carbocycles. The highest BCUT2D eigenvalue weighted by atomic mass is 35.5. The van der Waals surface area contributed by atoms with Gasteiger partial charge in [-0.15, -0.1) is 24.8 Å². The minimum Gasteiger partial charge on any atom is -0.490 e. The van der Waals surface area contributed by atoms with Crippen molar-refractivity contribution < 1.29 is 4.74 Å². The average Bonchev–Trinajstić information content (AvgIpc) is 2.16. The number of nitrogens with zero attached hydrogens (tertiary/aromatic N) is 1. The molecule has 0 unspecified atom stereocenters. The van der Waals surface area contributed by atoms with Gasteiger partial charge in [-0.3, -0.25) is 4.98 Å². The molecule has 0 saturated carbocycles. The average molecular weight is 263 g/mol. The first-order valence-electron chi connectivity index (χ1n) is 4.83. The summed E-state index contributed by atoms with van der Waals surface area (Å²) in [6, 6.07) is 4.34. The Labute approximate surface area is 108 Å². The van der Waals surface area contributed by atoms with Gasteiger partial charge in [0.15, 0.2) is 0 Å². The Bertz CT molecular complexity index is 312. The van der Waals surface area contributed by atoms with E-state index in [4.69, 9.17) is 4.74 Å². The van der Waals surface area contributed by atoms with Crippen LogP contribution in [-0.4, -0.2) is 24.2 Å². The summed E-state index contributed by atoms with van der Waals surface area (Å²) in [5.74, 6) is 0.823. The molecular weight excluding hydrogens is 247 g/mol. The normalized spacial score (nSPS) is 17.4. The fourth-order valence-corrected chi connectivity index (χ4v) is 1.29. The van der Waals surface area contributed by atoms with E-state index >= 15 is 0 Å². The van der Waals surface area contributed by atoms with Crippen molar-refractivity contribution in [3.8, 4) is 5.75 Å². The molecule has 0 radical (unpaired) electrons. The van der Waals surface area contributed by atoms with Gasteiger partial charge in [-0.1, -0.05) is 6.58 Å².